The number of ether oxygens (including phenoxy) is 3. The first-order valence-electron chi connectivity index (χ1n) is 9.50. The molecule has 4 aromatic rings. The maximum Gasteiger partial charge on any atom is 0.360 e. The Kier molecular flexibility index (Phi) is 5.43. The van der Waals surface area contributed by atoms with Gasteiger partial charge in [-0.3, -0.25) is 0 Å². The van der Waals surface area contributed by atoms with Gasteiger partial charge in [0.1, 0.15) is 0 Å². The largest absolute Gasteiger partial charge is 0.493 e. The number of rotatable bonds is 7. The van der Waals surface area contributed by atoms with Crippen LogP contribution in [0.5, 0.6) is 11.5 Å². The molecule has 30 heavy (non-hydrogen) atoms. The molecule has 0 bridgehead atoms. The summed E-state index contributed by atoms with van der Waals surface area (Å²) < 4.78 is 21.6. The molecule has 2 heterocycles. The predicted molar refractivity (Wildman–Crippen MR) is 112 cm³/mol. The van der Waals surface area contributed by atoms with E-state index in [1.807, 2.05) is 48.7 Å². The van der Waals surface area contributed by atoms with Crippen molar-refractivity contribution in [1.82, 2.24) is 9.97 Å². The minimum absolute atomic E-state index is 0.171. The van der Waals surface area contributed by atoms with Gasteiger partial charge in [-0.15, -0.1) is 0 Å². The van der Waals surface area contributed by atoms with Crippen molar-refractivity contribution in [1.29, 1.82) is 0 Å². The Hall–Kier alpha value is -3.74. The fourth-order valence-electron chi connectivity index (χ4n) is 3.44. The molecule has 0 saturated heterocycles. The number of esters is 1. The molecule has 1 N–H and O–H groups in total. The van der Waals surface area contributed by atoms with Crippen molar-refractivity contribution in [2.45, 2.75) is 12.8 Å². The van der Waals surface area contributed by atoms with Crippen LogP contribution in [0, 0.1) is 0 Å². The normalized spacial score (nSPS) is 10.9. The Balaban J connectivity index is 1.65. The fourth-order valence-corrected chi connectivity index (χ4v) is 3.44. The maximum atomic E-state index is 12.3. The van der Waals surface area contributed by atoms with E-state index >= 15 is 0 Å². The summed E-state index contributed by atoms with van der Waals surface area (Å²) >= 11 is 0. The van der Waals surface area contributed by atoms with Gasteiger partial charge in [-0.1, -0.05) is 24.3 Å². The number of H-pyrrole nitrogens is 1. The quantitative estimate of drug-likeness (QED) is 0.458. The van der Waals surface area contributed by atoms with Gasteiger partial charge in [0.15, 0.2) is 28.8 Å². The second-order valence-electron chi connectivity index (χ2n) is 6.71. The van der Waals surface area contributed by atoms with Crippen molar-refractivity contribution in [2.75, 3.05) is 21.3 Å². The molecule has 0 fully saturated rings. The molecule has 0 atom stereocenters. The van der Waals surface area contributed by atoms with Crippen LogP contribution in [0.1, 0.15) is 21.9 Å². The van der Waals surface area contributed by atoms with Gasteiger partial charge in [0.25, 0.3) is 0 Å². The van der Waals surface area contributed by atoms with Crippen molar-refractivity contribution >= 4 is 16.9 Å². The number of carbonyl (C=O) groups is 1. The zero-order valence-corrected chi connectivity index (χ0v) is 17.0. The Bertz CT molecular complexity index is 1190. The van der Waals surface area contributed by atoms with Crippen molar-refractivity contribution < 1.29 is 23.4 Å². The molecule has 4 rings (SSSR count). The van der Waals surface area contributed by atoms with E-state index in [1.54, 1.807) is 14.2 Å². The average molecular weight is 406 g/mol. The molecule has 0 aliphatic carbocycles. The summed E-state index contributed by atoms with van der Waals surface area (Å²) in [5, 5.41) is 0.949. The SMILES string of the molecule is COC(=O)c1nc(CCc2ccc(OC)c(OC)c2)oc1-c1c[nH]c2ccccc12. The smallest absolute Gasteiger partial charge is 0.360 e. The summed E-state index contributed by atoms with van der Waals surface area (Å²) in [6.45, 7) is 0. The number of benzene rings is 2. The first kappa shape index (κ1) is 19.6. The summed E-state index contributed by atoms with van der Waals surface area (Å²) in [6, 6.07) is 13.6. The summed E-state index contributed by atoms with van der Waals surface area (Å²) in [5.41, 5.74) is 2.94. The van der Waals surface area contributed by atoms with Crippen LogP contribution in [0.25, 0.3) is 22.2 Å². The van der Waals surface area contributed by atoms with E-state index in [1.165, 1.54) is 7.11 Å². The van der Waals surface area contributed by atoms with Gasteiger partial charge in [0.05, 0.1) is 21.3 Å². The van der Waals surface area contributed by atoms with Gasteiger partial charge in [0, 0.05) is 29.1 Å². The fraction of sp³-hybridized carbons (Fsp3) is 0.217. The van der Waals surface area contributed by atoms with Crippen molar-refractivity contribution in [2.24, 2.45) is 0 Å². The van der Waals surface area contributed by atoms with Crippen LogP contribution in [-0.2, 0) is 17.6 Å². The number of hydrogen-bond donors (Lipinski definition) is 1. The summed E-state index contributed by atoms with van der Waals surface area (Å²) in [7, 11) is 4.54. The Morgan fingerprint density at radius 3 is 2.60 bits per heavy atom. The molecule has 0 aliphatic rings. The molecule has 0 aliphatic heterocycles. The van der Waals surface area contributed by atoms with Crippen molar-refractivity contribution in [3.05, 3.63) is 65.8 Å². The highest BCUT2D eigenvalue weighted by atomic mass is 16.5. The predicted octanol–water partition coefficient (Wildman–Crippen LogP) is 4.41. The van der Waals surface area contributed by atoms with E-state index < -0.39 is 5.97 Å². The molecule has 0 unspecified atom stereocenters. The lowest BCUT2D eigenvalue weighted by molar-refractivity contribution is 0.0595. The number of nitrogens with zero attached hydrogens (tertiary/aromatic N) is 1. The van der Waals surface area contributed by atoms with Crippen LogP contribution in [0.3, 0.4) is 0 Å². The Labute approximate surface area is 173 Å². The first-order chi connectivity index (χ1) is 14.6. The van der Waals surface area contributed by atoms with Crippen LogP contribution < -0.4 is 9.47 Å². The number of aromatic amines is 1. The third-order valence-electron chi connectivity index (χ3n) is 4.96. The van der Waals surface area contributed by atoms with Crippen LogP contribution in [0.4, 0.5) is 0 Å². The van der Waals surface area contributed by atoms with E-state index in [0.717, 1.165) is 22.0 Å². The Morgan fingerprint density at radius 2 is 1.83 bits per heavy atom. The van der Waals surface area contributed by atoms with Crippen LogP contribution in [0.2, 0.25) is 0 Å². The van der Waals surface area contributed by atoms with E-state index in [2.05, 4.69) is 9.97 Å². The third kappa shape index (κ3) is 3.61. The number of para-hydroxylation sites is 1. The summed E-state index contributed by atoms with van der Waals surface area (Å²) in [4.78, 5) is 19.9. The summed E-state index contributed by atoms with van der Waals surface area (Å²) in [6.07, 6.45) is 2.99. The number of nitrogens with one attached hydrogen (secondary N) is 1. The lowest BCUT2D eigenvalue weighted by Gasteiger charge is -2.08. The number of oxazole rings is 1. The zero-order chi connectivity index (χ0) is 21.1. The topological polar surface area (TPSA) is 86.6 Å². The highest BCUT2D eigenvalue weighted by Gasteiger charge is 2.24. The first-order valence-corrected chi connectivity index (χ1v) is 9.50. The molecule has 154 valence electrons. The molecule has 2 aromatic carbocycles. The molecule has 2 aromatic heterocycles. The minimum atomic E-state index is -0.531. The van der Waals surface area contributed by atoms with E-state index in [9.17, 15) is 4.79 Å². The number of aromatic nitrogens is 2. The molecular weight excluding hydrogens is 384 g/mol. The molecule has 0 amide bonds. The Morgan fingerprint density at radius 1 is 1.03 bits per heavy atom. The lowest BCUT2D eigenvalue weighted by atomic mass is 10.1. The number of aryl methyl sites for hydroxylation is 2. The van der Waals surface area contributed by atoms with E-state index in [0.29, 0.717) is 36.0 Å². The van der Waals surface area contributed by atoms with Crippen molar-refractivity contribution in [3.8, 4) is 22.8 Å². The van der Waals surface area contributed by atoms with Crippen LogP contribution in [0.15, 0.2) is 53.1 Å². The second-order valence-corrected chi connectivity index (χ2v) is 6.71. The second kappa shape index (κ2) is 8.32. The van der Waals surface area contributed by atoms with Gasteiger partial charge in [-0.05, 0) is 30.2 Å². The number of carbonyl (C=O) groups excluding carboxylic acids is 1. The molecule has 0 spiro atoms. The van der Waals surface area contributed by atoms with Crippen LogP contribution in [-0.4, -0.2) is 37.3 Å². The number of fused-ring (bicyclic) bond motifs is 1. The van der Waals surface area contributed by atoms with E-state index in [-0.39, 0.29) is 5.69 Å². The molecular formula is C23H22N2O5. The molecule has 0 radical (unpaired) electrons. The van der Waals surface area contributed by atoms with Gasteiger partial charge in [-0.2, -0.15) is 0 Å². The lowest BCUT2D eigenvalue weighted by Crippen LogP contribution is -2.03. The van der Waals surface area contributed by atoms with Gasteiger partial charge in [-0.25, -0.2) is 9.78 Å². The monoisotopic (exact) mass is 406 g/mol. The number of hydrogen-bond acceptors (Lipinski definition) is 6. The van der Waals surface area contributed by atoms with Gasteiger partial charge in [0.2, 0.25) is 0 Å². The summed E-state index contributed by atoms with van der Waals surface area (Å²) in [5.74, 6) is 1.67. The van der Waals surface area contributed by atoms with E-state index in [4.69, 9.17) is 18.6 Å². The molecule has 0 saturated carbocycles. The molecule has 7 heteroatoms. The molecule has 7 nitrogen and oxygen atoms in total. The maximum absolute atomic E-state index is 12.3. The van der Waals surface area contributed by atoms with Gasteiger partial charge >= 0.3 is 5.97 Å². The van der Waals surface area contributed by atoms with Gasteiger partial charge < -0.3 is 23.6 Å². The van der Waals surface area contributed by atoms with Crippen LogP contribution >= 0.6 is 0 Å². The third-order valence-corrected chi connectivity index (χ3v) is 4.96. The highest BCUT2D eigenvalue weighted by molar-refractivity contribution is 6.00. The standard InChI is InChI=1S/C23H22N2O5/c1-27-18-10-8-14(12-19(18)28-2)9-11-20-25-21(23(26)29-3)22(30-20)16-13-24-17-7-5-4-6-15(16)17/h4-8,10,12-13,24H,9,11H2,1-3H3. The average Bonchev–Trinajstić information content (AvgIpc) is 3.41. The zero-order valence-electron chi connectivity index (χ0n) is 17.0. The minimum Gasteiger partial charge on any atom is -0.493 e. The number of methoxy groups -OCH3 is 3. The highest BCUT2D eigenvalue weighted by Crippen LogP contribution is 2.33. The van der Waals surface area contributed by atoms with Crippen molar-refractivity contribution in [3.63, 3.8) is 0 Å².